The van der Waals surface area contributed by atoms with Gasteiger partial charge in [-0.1, -0.05) is 37.0 Å². The molecule has 0 unspecified atom stereocenters. The average molecular weight is 496 g/mol. The molecule has 2 aromatic carbocycles. The maximum Gasteiger partial charge on any atom is 0.323 e. The second kappa shape index (κ2) is 10.1. The van der Waals surface area contributed by atoms with Gasteiger partial charge in [0.05, 0.1) is 12.3 Å². The van der Waals surface area contributed by atoms with Crippen LogP contribution in [-0.4, -0.2) is 53.4 Å². The summed E-state index contributed by atoms with van der Waals surface area (Å²) in [6, 6.07) is 10.0. The minimum Gasteiger partial charge on any atom is -0.481 e. The molecular formula is C24H31Cl2N3O4. The van der Waals surface area contributed by atoms with Crippen LogP contribution in [0.4, 0.5) is 16.2 Å². The van der Waals surface area contributed by atoms with Crippen LogP contribution in [0.1, 0.15) is 38.7 Å². The number of nitrogens with zero attached hydrogens (tertiary/aromatic N) is 1. The fraction of sp³-hybridized carbons (Fsp3) is 0.458. The first kappa shape index (κ1) is 25.6. The molecule has 1 fully saturated rings. The highest BCUT2D eigenvalue weighted by atomic mass is 35.5. The zero-order valence-corrected chi connectivity index (χ0v) is 20.4. The van der Waals surface area contributed by atoms with E-state index in [1.165, 1.54) is 0 Å². The number of rotatable bonds is 5. The first-order chi connectivity index (χ1) is 15.2. The van der Waals surface area contributed by atoms with Gasteiger partial charge in [-0.3, -0.25) is 4.90 Å². The zero-order valence-electron chi connectivity index (χ0n) is 18.9. The summed E-state index contributed by atoms with van der Waals surface area (Å²) in [5, 5.41) is 17.2. The summed E-state index contributed by atoms with van der Waals surface area (Å²) >= 11 is 12.3. The Balaban J connectivity index is 0.00000306. The molecule has 0 aliphatic carbocycles. The van der Waals surface area contributed by atoms with E-state index in [9.17, 15) is 9.90 Å². The third kappa shape index (κ3) is 5.73. The van der Waals surface area contributed by atoms with Gasteiger partial charge in [0.1, 0.15) is 11.4 Å². The summed E-state index contributed by atoms with van der Waals surface area (Å²) in [7, 11) is 0. The number of nitrogens with one attached hydrogen (secondary N) is 2. The molecule has 33 heavy (non-hydrogen) atoms. The molecule has 0 bridgehead atoms. The number of benzene rings is 2. The maximum absolute atomic E-state index is 12.7. The van der Waals surface area contributed by atoms with Crippen molar-refractivity contribution in [2.45, 2.75) is 44.1 Å². The molecule has 1 atom stereocenters. The lowest BCUT2D eigenvalue weighted by atomic mass is 9.72. The fourth-order valence-corrected chi connectivity index (χ4v) is 5.19. The van der Waals surface area contributed by atoms with Gasteiger partial charge in [-0.15, -0.1) is 0 Å². The van der Waals surface area contributed by atoms with Crippen molar-refractivity contribution in [1.82, 2.24) is 4.90 Å². The lowest BCUT2D eigenvalue weighted by molar-refractivity contribution is -0.0463. The van der Waals surface area contributed by atoms with E-state index in [-0.39, 0.29) is 17.5 Å². The number of fused-ring (bicyclic) bond motifs is 1. The van der Waals surface area contributed by atoms with Crippen LogP contribution < -0.4 is 15.4 Å². The second-order valence-corrected chi connectivity index (χ2v) is 10.3. The summed E-state index contributed by atoms with van der Waals surface area (Å²) in [6.07, 6.45) is 2.97. The van der Waals surface area contributed by atoms with Gasteiger partial charge in [0, 0.05) is 27.8 Å². The number of halogens is 2. The molecule has 1 saturated heterocycles. The molecule has 7 nitrogen and oxygen atoms in total. The minimum absolute atomic E-state index is 0. The summed E-state index contributed by atoms with van der Waals surface area (Å²) < 4.78 is 6.51. The predicted octanol–water partition coefficient (Wildman–Crippen LogP) is 4.70. The Hall–Kier alpha value is -2.03. The molecule has 0 saturated carbocycles. The minimum atomic E-state index is -0.752. The van der Waals surface area contributed by atoms with E-state index < -0.39 is 11.6 Å². The number of hydrogen-bond acceptors (Lipinski definition) is 4. The number of aliphatic hydroxyl groups excluding tert-OH is 1. The Bertz CT molecular complexity index is 994. The van der Waals surface area contributed by atoms with Crippen molar-refractivity contribution in [3.8, 4) is 5.75 Å². The Morgan fingerprint density at radius 3 is 2.39 bits per heavy atom. The Morgan fingerprint density at radius 2 is 1.76 bits per heavy atom. The van der Waals surface area contributed by atoms with Crippen molar-refractivity contribution >= 4 is 40.6 Å². The molecule has 2 amide bonds. The lowest BCUT2D eigenvalue weighted by Gasteiger charge is -2.47. The lowest BCUT2D eigenvalue weighted by Crippen LogP contribution is -2.55. The SMILES string of the molecule is CC1(C)C[C@@](CO)(CN2CCCC2)Oc2c(NC(=O)Nc3ccc(Cl)cc3)cc(Cl)cc21.O. The number of urea groups is 1. The van der Waals surface area contributed by atoms with Gasteiger partial charge in [-0.2, -0.15) is 0 Å². The highest BCUT2D eigenvalue weighted by Crippen LogP contribution is 2.49. The largest absolute Gasteiger partial charge is 0.481 e. The van der Waals surface area contributed by atoms with E-state index >= 15 is 0 Å². The van der Waals surface area contributed by atoms with Gasteiger partial charge in [-0.05, 0) is 74.2 Å². The number of hydrogen-bond donors (Lipinski definition) is 3. The van der Waals surface area contributed by atoms with Crippen LogP contribution in [0.5, 0.6) is 5.75 Å². The van der Waals surface area contributed by atoms with Gasteiger partial charge in [0.25, 0.3) is 0 Å². The number of carbonyl (C=O) groups is 1. The van der Waals surface area contributed by atoms with Crippen molar-refractivity contribution in [3.63, 3.8) is 0 Å². The molecule has 2 aliphatic rings. The zero-order chi connectivity index (χ0) is 22.9. The van der Waals surface area contributed by atoms with Gasteiger partial charge in [0.15, 0.2) is 0 Å². The topological polar surface area (TPSA) is 105 Å². The third-order valence-electron chi connectivity index (χ3n) is 6.21. The highest BCUT2D eigenvalue weighted by molar-refractivity contribution is 6.31. The number of ether oxygens (including phenoxy) is 1. The molecule has 0 aromatic heterocycles. The smallest absolute Gasteiger partial charge is 0.323 e. The summed E-state index contributed by atoms with van der Waals surface area (Å²) in [6.45, 7) is 6.80. The Kier molecular flexibility index (Phi) is 7.81. The van der Waals surface area contributed by atoms with Crippen molar-refractivity contribution in [2.75, 3.05) is 36.9 Å². The summed E-state index contributed by atoms with van der Waals surface area (Å²) in [4.78, 5) is 15.1. The van der Waals surface area contributed by atoms with Gasteiger partial charge < -0.3 is 26.0 Å². The predicted molar refractivity (Wildman–Crippen MR) is 133 cm³/mol. The molecule has 5 N–H and O–H groups in total. The van der Waals surface area contributed by atoms with E-state index in [2.05, 4.69) is 29.4 Å². The van der Waals surface area contributed by atoms with E-state index in [0.29, 0.717) is 40.1 Å². The van der Waals surface area contributed by atoms with E-state index in [1.807, 2.05) is 6.07 Å². The van der Waals surface area contributed by atoms with Crippen molar-refractivity contribution < 1.29 is 20.1 Å². The Labute approximate surface area is 204 Å². The van der Waals surface area contributed by atoms with Crippen LogP contribution in [-0.2, 0) is 5.41 Å². The number of anilines is 2. The molecule has 0 radical (unpaired) electrons. The molecule has 4 rings (SSSR count). The van der Waals surface area contributed by atoms with Gasteiger partial charge in [-0.25, -0.2) is 4.79 Å². The van der Waals surface area contributed by atoms with Crippen molar-refractivity contribution in [2.24, 2.45) is 0 Å². The molecule has 2 aromatic rings. The quantitative estimate of drug-likeness (QED) is 0.558. The summed E-state index contributed by atoms with van der Waals surface area (Å²) in [5.41, 5.74) is 0.952. The first-order valence-electron chi connectivity index (χ1n) is 10.9. The Morgan fingerprint density at radius 1 is 1.09 bits per heavy atom. The molecule has 180 valence electrons. The van der Waals surface area contributed by atoms with E-state index in [1.54, 1.807) is 30.3 Å². The van der Waals surface area contributed by atoms with Gasteiger partial charge >= 0.3 is 6.03 Å². The van der Waals surface area contributed by atoms with Crippen LogP contribution >= 0.6 is 23.2 Å². The standard InChI is InChI=1S/C24H29Cl2N3O3.H2O/c1-23(2)13-24(15-30,14-29-9-3-4-10-29)32-21-19(23)11-17(26)12-20(21)28-22(31)27-18-7-5-16(25)6-8-18;/h5-8,11-12,30H,3-4,9-10,13-15H2,1-2H3,(H2,27,28,31);1H2/t24-;/m0./s1. The molecule has 0 spiro atoms. The third-order valence-corrected chi connectivity index (χ3v) is 6.68. The second-order valence-electron chi connectivity index (χ2n) is 9.40. The average Bonchev–Trinajstić information content (AvgIpc) is 3.23. The number of carbonyl (C=O) groups excluding carboxylic acids is 1. The monoisotopic (exact) mass is 495 g/mol. The maximum atomic E-state index is 12.7. The van der Waals surface area contributed by atoms with Crippen LogP contribution in [0.25, 0.3) is 0 Å². The van der Waals surface area contributed by atoms with Gasteiger partial charge in [0.2, 0.25) is 0 Å². The number of aliphatic hydroxyl groups is 1. The summed E-state index contributed by atoms with van der Waals surface area (Å²) in [5.74, 6) is 0.560. The van der Waals surface area contributed by atoms with Crippen molar-refractivity contribution in [1.29, 1.82) is 0 Å². The number of likely N-dealkylation sites (tertiary alicyclic amines) is 1. The van der Waals surface area contributed by atoms with E-state index in [4.69, 9.17) is 27.9 Å². The fourth-order valence-electron chi connectivity index (χ4n) is 4.84. The van der Waals surface area contributed by atoms with Crippen LogP contribution in [0.3, 0.4) is 0 Å². The highest BCUT2D eigenvalue weighted by Gasteiger charge is 2.47. The van der Waals surface area contributed by atoms with Crippen LogP contribution in [0.2, 0.25) is 10.0 Å². The molecular weight excluding hydrogens is 465 g/mol. The van der Waals surface area contributed by atoms with Crippen molar-refractivity contribution in [3.05, 3.63) is 52.0 Å². The molecule has 9 heteroatoms. The first-order valence-corrected chi connectivity index (χ1v) is 11.7. The van der Waals surface area contributed by atoms with Crippen LogP contribution in [0, 0.1) is 0 Å². The molecule has 2 aliphatic heterocycles. The van der Waals surface area contributed by atoms with E-state index in [0.717, 1.165) is 31.5 Å². The number of amides is 2. The molecule has 2 heterocycles. The normalized spacial score (nSPS) is 21.5. The van der Waals surface area contributed by atoms with Crippen LogP contribution in [0.15, 0.2) is 36.4 Å².